The molecule has 3 nitrogen and oxygen atoms in total. The highest BCUT2D eigenvalue weighted by Crippen LogP contribution is 2.32. The molecule has 1 aromatic heterocycles. The minimum Gasteiger partial charge on any atom is -0.297 e. The number of amides is 1. The average molecular weight is 244 g/mol. The van der Waals surface area contributed by atoms with Crippen LogP contribution in [0.5, 0.6) is 0 Å². The van der Waals surface area contributed by atoms with Crippen LogP contribution in [0.4, 0.5) is 19.0 Å². The van der Waals surface area contributed by atoms with E-state index in [4.69, 9.17) is 0 Å². The maximum atomic E-state index is 12.6. The number of hydrogen-bond donors (Lipinski definition) is 0. The highest BCUT2D eigenvalue weighted by Gasteiger charge is 2.33. The summed E-state index contributed by atoms with van der Waals surface area (Å²) >= 11 is 0. The Balaban J connectivity index is 2.41. The number of anilines is 1. The van der Waals surface area contributed by atoms with Gasteiger partial charge < -0.3 is 0 Å². The predicted molar refractivity (Wildman–Crippen MR) is 55.6 cm³/mol. The van der Waals surface area contributed by atoms with Gasteiger partial charge in [0.2, 0.25) is 5.91 Å². The zero-order valence-corrected chi connectivity index (χ0v) is 9.21. The fourth-order valence-corrected chi connectivity index (χ4v) is 1.84. The van der Waals surface area contributed by atoms with Gasteiger partial charge in [-0.1, -0.05) is 0 Å². The Hall–Kier alpha value is -1.59. The monoisotopic (exact) mass is 244 g/mol. The molecular formula is C11H11F3N2O. The molecule has 1 saturated heterocycles. The number of pyridine rings is 1. The molecule has 2 heterocycles. The molecule has 1 aromatic rings. The molecule has 0 saturated carbocycles. The van der Waals surface area contributed by atoms with Crippen molar-refractivity contribution < 1.29 is 18.0 Å². The van der Waals surface area contributed by atoms with Crippen molar-refractivity contribution in [2.24, 2.45) is 0 Å². The fourth-order valence-electron chi connectivity index (χ4n) is 1.84. The molecule has 1 aliphatic rings. The topological polar surface area (TPSA) is 33.2 Å². The lowest BCUT2D eigenvalue weighted by Crippen LogP contribution is -2.25. The Morgan fingerprint density at radius 2 is 2.06 bits per heavy atom. The zero-order chi connectivity index (χ0) is 12.6. The smallest absolute Gasteiger partial charge is 0.297 e. The van der Waals surface area contributed by atoms with Gasteiger partial charge in [0, 0.05) is 18.7 Å². The van der Waals surface area contributed by atoms with Gasteiger partial charge in [-0.3, -0.25) is 9.69 Å². The summed E-state index contributed by atoms with van der Waals surface area (Å²) in [5.74, 6) is -0.0731. The van der Waals surface area contributed by atoms with E-state index in [1.165, 1.54) is 11.8 Å². The van der Waals surface area contributed by atoms with Crippen molar-refractivity contribution in [1.29, 1.82) is 0 Å². The number of halogens is 3. The summed E-state index contributed by atoms with van der Waals surface area (Å²) in [5.41, 5.74) is -0.505. The fraction of sp³-hybridized carbons (Fsp3) is 0.455. The minimum atomic E-state index is -4.41. The van der Waals surface area contributed by atoms with Crippen molar-refractivity contribution in [2.45, 2.75) is 25.9 Å². The predicted octanol–water partition coefficient (Wildman–Crippen LogP) is 2.54. The van der Waals surface area contributed by atoms with Crippen molar-refractivity contribution in [3.05, 3.63) is 23.4 Å². The van der Waals surface area contributed by atoms with E-state index in [9.17, 15) is 18.0 Å². The molecule has 0 aliphatic carbocycles. The van der Waals surface area contributed by atoms with E-state index in [0.29, 0.717) is 19.4 Å². The summed E-state index contributed by atoms with van der Waals surface area (Å²) in [5, 5.41) is 0. The highest BCUT2D eigenvalue weighted by atomic mass is 19.4. The molecule has 0 aromatic carbocycles. The number of aryl methyl sites for hydroxylation is 1. The lowest BCUT2D eigenvalue weighted by molar-refractivity contribution is -0.137. The Kier molecular flexibility index (Phi) is 2.81. The Labute approximate surface area is 96.3 Å². The van der Waals surface area contributed by atoms with Crippen molar-refractivity contribution in [3.63, 3.8) is 0 Å². The van der Waals surface area contributed by atoms with Gasteiger partial charge in [-0.05, 0) is 25.5 Å². The van der Waals surface area contributed by atoms with Gasteiger partial charge in [0.1, 0.15) is 5.82 Å². The second-order valence-electron chi connectivity index (χ2n) is 4.00. The number of rotatable bonds is 1. The molecule has 6 heteroatoms. The summed E-state index contributed by atoms with van der Waals surface area (Å²) in [6.07, 6.45) is -3.38. The van der Waals surface area contributed by atoms with Gasteiger partial charge in [-0.2, -0.15) is 13.2 Å². The summed E-state index contributed by atoms with van der Waals surface area (Å²) in [4.78, 5) is 16.7. The van der Waals surface area contributed by atoms with Crippen molar-refractivity contribution in [2.75, 3.05) is 11.4 Å². The average Bonchev–Trinajstić information content (AvgIpc) is 2.62. The highest BCUT2D eigenvalue weighted by molar-refractivity contribution is 5.94. The third-order valence-electron chi connectivity index (χ3n) is 2.62. The first-order chi connectivity index (χ1) is 7.88. The Morgan fingerprint density at radius 3 is 2.59 bits per heavy atom. The summed E-state index contributed by atoms with van der Waals surface area (Å²) in [6, 6.07) is 1.90. The van der Waals surface area contributed by atoms with Crippen LogP contribution in [0.3, 0.4) is 0 Å². The molecule has 17 heavy (non-hydrogen) atoms. The van der Waals surface area contributed by atoms with E-state index in [-0.39, 0.29) is 17.4 Å². The van der Waals surface area contributed by atoms with Crippen LogP contribution >= 0.6 is 0 Å². The molecule has 0 unspecified atom stereocenters. The summed E-state index contributed by atoms with van der Waals surface area (Å²) in [7, 11) is 0. The number of nitrogens with zero attached hydrogens (tertiary/aromatic N) is 2. The molecule has 0 N–H and O–H groups in total. The van der Waals surface area contributed by atoms with Crippen molar-refractivity contribution >= 4 is 11.7 Å². The van der Waals surface area contributed by atoms with Crippen LogP contribution in [0.25, 0.3) is 0 Å². The van der Waals surface area contributed by atoms with Gasteiger partial charge in [-0.15, -0.1) is 0 Å². The van der Waals surface area contributed by atoms with E-state index in [1.54, 1.807) is 0 Å². The van der Waals surface area contributed by atoms with E-state index in [2.05, 4.69) is 4.98 Å². The van der Waals surface area contributed by atoms with Gasteiger partial charge in [0.25, 0.3) is 0 Å². The number of hydrogen-bond acceptors (Lipinski definition) is 2. The zero-order valence-electron chi connectivity index (χ0n) is 9.21. The van der Waals surface area contributed by atoms with Gasteiger partial charge in [0.15, 0.2) is 0 Å². The lowest BCUT2D eigenvalue weighted by atomic mass is 10.2. The molecule has 92 valence electrons. The molecule has 1 aliphatic heterocycles. The molecular weight excluding hydrogens is 233 g/mol. The summed E-state index contributed by atoms with van der Waals surface area (Å²) in [6.45, 7) is 1.92. The third-order valence-corrected chi connectivity index (χ3v) is 2.62. The van der Waals surface area contributed by atoms with E-state index in [1.807, 2.05) is 0 Å². The van der Waals surface area contributed by atoms with E-state index < -0.39 is 11.7 Å². The minimum absolute atomic E-state index is 0.0971. The third kappa shape index (κ3) is 2.40. The number of carbonyl (C=O) groups is 1. The standard InChI is InChI=1S/C11H11F3N2O/c1-7-5-8(11(12,13)14)6-9(15-7)16-4-2-3-10(16)17/h5-6H,2-4H2,1H3. The molecule has 0 bridgehead atoms. The lowest BCUT2D eigenvalue weighted by Gasteiger charge is -2.17. The molecule has 0 atom stereocenters. The maximum absolute atomic E-state index is 12.6. The second-order valence-corrected chi connectivity index (χ2v) is 4.00. The second kappa shape index (κ2) is 4.01. The Morgan fingerprint density at radius 1 is 1.35 bits per heavy atom. The number of alkyl halides is 3. The van der Waals surface area contributed by atoms with Crippen LogP contribution in [0.2, 0.25) is 0 Å². The Bertz CT molecular complexity index is 457. The number of aromatic nitrogens is 1. The van der Waals surface area contributed by atoms with Crippen molar-refractivity contribution in [1.82, 2.24) is 4.98 Å². The van der Waals surface area contributed by atoms with Gasteiger partial charge in [-0.25, -0.2) is 4.98 Å². The molecule has 1 amide bonds. The first-order valence-electron chi connectivity index (χ1n) is 5.24. The van der Waals surface area contributed by atoms with Crippen LogP contribution < -0.4 is 4.90 Å². The van der Waals surface area contributed by atoms with Crippen LogP contribution in [0, 0.1) is 6.92 Å². The van der Waals surface area contributed by atoms with Crippen LogP contribution in [-0.4, -0.2) is 17.4 Å². The van der Waals surface area contributed by atoms with Gasteiger partial charge >= 0.3 is 6.18 Å². The van der Waals surface area contributed by atoms with E-state index in [0.717, 1.165) is 12.1 Å². The maximum Gasteiger partial charge on any atom is 0.416 e. The first-order valence-corrected chi connectivity index (χ1v) is 5.24. The van der Waals surface area contributed by atoms with Crippen LogP contribution in [-0.2, 0) is 11.0 Å². The van der Waals surface area contributed by atoms with E-state index >= 15 is 0 Å². The van der Waals surface area contributed by atoms with Crippen molar-refractivity contribution in [3.8, 4) is 0 Å². The van der Waals surface area contributed by atoms with Crippen LogP contribution in [0.15, 0.2) is 12.1 Å². The SMILES string of the molecule is Cc1cc(C(F)(F)F)cc(N2CCCC2=O)n1. The summed E-state index contributed by atoms with van der Waals surface area (Å²) < 4.78 is 37.8. The number of carbonyl (C=O) groups excluding carboxylic acids is 1. The first kappa shape index (κ1) is 11.9. The molecule has 2 rings (SSSR count). The largest absolute Gasteiger partial charge is 0.416 e. The molecule has 1 fully saturated rings. The quantitative estimate of drug-likeness (QED) is 0.760. The van der Waals surface area contributed by atoms with Gasteiger partial charge in [0.05, 0.1) is 5.56 Å². The molecule has 0 radical (unpaired) electrons. The normalized spacial score (nSPS) is 16.7. The van der Waals surface area contributed by atoms with Crippen LogP contribution in [0.1, 0.15) is 24.1 Å². The molecule has 0 spiro atoms.